The largest absolute Gasteiger partial charge is 0.345 e. The Morgan fingerprint density at radius 1 is 1.26 bits per heavy atom. The van der Waals surface area contributed by atoms with Crippen LogP contribution in [0.1, 0.15) is 17.5 Å². The molecule has 1 fully saturated rings. The summed E-state index contributed by atoms with van der Waals surface area (Å²) < 4.78 is 13.9. The first-order valence-corrected chi connectivity index (χ1v) is 7.10. The van der Waals surface area contributed by atoms with Gasteiger partial charge in [0.15, 0.2) is 0 Å². The smallest absolute Gasteiger partial charge is 0.202 e. The van der Waals surface area contributed by atoms with Gasteiger partial charge in [-0.15, -0.1) is 0 Å². The zero-order valence-electron chi connectivity index (χ0n) is 10.1. The number of aromatic nitrogens is 2. The fourth-order valence-electron chi connectivity index (χ4n) is 2.01. The average molecular weight is 344 g/mol. The van der Waals surface area contributed by atoms with Crippen molar-refractivity contribution in [1.29, 1.82) is 0 Å². The van der Waals surface area contributed by atoms with Crippen LogP contribution in [0.4, 0.5) is 0 Å². The molecule has 2 aromatic rings. The van der Waals surface area contributed by atoms with Crippen molar-refractivity contribution in [2.24, 2.45) is 0 Å². The van der Waals surface area contributed by atoms with Gasteiger partial charge in [-0.25, -0.2) is 0 Å². The molecule has 1 aliphatic rings. The van der Waals surface area contributed by atoms with Crippen LogP contribution in [-0.2, 0) is 16.0 Å². The summed E-state index contributed by atoms with van der Waals surface area (Å²) in [5.41, 5.74) is 2.03. The Morgan fingerprint density at radius 2 is 1.95 bits per heavy atom. The highest BCUT2D eigenvalue weighted by Gasteiger charge is 2.25. The van der Waals surface area contributed by atoms with Gasteiger partial charge >= 0.3 is 0 Å². The van der Waals surface area contributed by atoms with E-state index in [1.54, 1.807) is 6.20 Å². The van der Waals surface area contributed by atoms with Gasteiger partial charge in [-0.3, -0.25) is 4.68 Å². The van der Waals surface area contributed by atoms with Crippen LogP contribution in [0.3, 0.4) is 0 Å². The number of ether oxygens (including phenoxy) is 2. The second-order valence-electron chi connectivity index (χ2n) is 4.24. The number of halogens is 2. The van der Waals surface area contributed by atoms with Crippen LogP contribution in [0.5, 0.6) is 0 Å². The molecule has 4 nitrogen and oxygen atoms in total. The Kier molecular flexibility index (Phi) is 3.88. The average Bonchev–Trinajstić information content (AvgIpc) is 3.02. The minimum absolute atomic E-state index is 0.343. The molecular formula is C13H12BrClN2O2. The lowest BCUT2D eigenvalue weighted by Crippen LogP contribution is -2.11. The van der Waals surface area contributed by atoms with Crippen molar-refractivity contribution in [2.75, 3.05) is 13.2 Å². The van der Waals surface area contributed by atoms with E-state index in [4.69, 9.17) is 21.1 Å². The molecule has 6 heteroatoms. The number of nitrogens with zero attached hydrogens (tertiary/aromatic N) is 2. The molecule has 0 unspecified atom stereocenters. The van der Waals surface area contributed by atoms with E-state index < -0.39 is 0 Å². The van der Waals surface area contributed by atoms with Crippen LogP contribution in [0.25, 0.3) is 0 Å². The monoisotopic (exact) mass is 342 g/mol. The van der Waals surface area contributed by atoms with Gasteiger partial charge in [0.1, 0.15) is 5.69 Å². The predicted octanol–water partition coefficient (Wildman–Crippen LogP) is 3.39. The normalized spacial score (nSPS) is 16.1. The van der Waals surface area contributed by atoms with Crippen molar-refractivity contribution in [3.8, 4) is 0 Å². The molecule has 19 heavy (non-hydrogen) atoms. The van der Waals surface area contributed by atoms with Crippen molar-refractivity contribution in [3.05, 3.63) is 51.2 Å². The fourth-order valence-corrected chi connectivity index (χ4v) is 2.62. The molecule has 0 atom stereocenters. The summed E-state index contributed by atoms with van der Waals surface area (Å²) in [5.74, 6) is 0. The van der Waals surface area contributed by atoms with E-state index in [9.17, 15) is 0 Å². The number of hydrogen-bond donors (Lipinski definition) is 0. The third-order valence-electron chi connectivity index (χ3n) is 2.92. The summed E-state index contributed by atoms with van der Waals surface area (Å²) in [4.78, 5) is 0. The number of hydrogen-bond acceptors (Lipinski definition) is 3. The summed E-state index contributed by atoms with van der Waals surface area (Å²) in [6, 6.07) is 7.71. The van der Waals surface area contributed by atoms with Crippen LogP contribution in [0.15, 0.2) is 34.9 Å². The Labute approximate surface area is 124 Å². The molecule has 1 aromatic heterocycles. The fraction of sp³-hybridized carbons (Fsp3) is 0.308. The van der Waals surface area contributed by atoms with Crippen molar-refractivity contribution < 1.29 is 9.47 Å². The van der Waals surface area contributed by atoms with E-state index >= 15 is 0 Å². The topological polar surface area (TPSA) is 36.3 Å². The van der Waals surface area contributed by atoms with Crippen LogP contribution in [0, 0.1) is 0 Å². The molecule has 0 saturated carbocycles. The summed E-state index contributed by atoms with van der Waals surface area (Å²) in [5, 5.41) is 5.08. The highest BCUT2D eigenvalue weighted by Crippen LogP contribution is 2.30. The van der Waals surface area contributed by atoms with E-state index in [1.165, 1.54) is 0 Å². The summed E-state index contributed by atoms with van der Waals surface area (Å²) in [7, 11) is 0. The lowest BCUT2D eigenvalue weighted by molar-refractivity contribution is -0.0506. The first-order valence-electron chi connectivity index (χ1n) is 5.93. The Morgan fingerprint density at radius 3 is 2.63 bits per heavy atom. The molecule has 2 heterocycles. The van der Waals surface area contributed by atoms with Crippen LogP contribution < -0.4 is 0 Å². The molecule has 0 amide bonds. The van der Waals surface area contributed by atoms with Gasteiger partial charge in [0.2, 0.25) is 6.29 Å². The Bertz CT molecular complexity index is 565. The molecule has 1 aliphatic heterocycles. The highest BCUT2D eigenvalue weighted by molar-refractivity contribution is 9.10. The third-order valence-corrected chi connectivity index (χ3v) is 3.79. The zero-order chi connectivity index (χ0) is 13.2. The number of benzene rings is 1. The maximum Gasteiger partial charge on any atom is 0.202 e. The minimum atomic E-state index is -0.343. The SMILES string of the molecule is Clc1ccc(Cn2ncc(Br)c2C2OCCO2)cc1. The number of rotatable bonds is 3. The summed E-state index contributed by atoms with van der Waals surface area (Å²) in [6.07, 6.45) is 1.42. The quantitative estimate of drug-likeness (QED) is 0.857. The van der Waals surface area contributed by atoms with Crippen LogP contribution in [0.2, 0.25) is 5.02 Å². The second-order valence-corrected chi connectivity index (χ2v) is 5.53. The van der Waals surface area contributed by atoms with Gasteiger partial charge in [0.05, 0.1) is 30.4 Å². The molecule has 0 spiro atoms. The lowest BCUT2D eigenvalue weighted by Gasteiger charge is -2.13. The first-order chi connectivity index (χ1) is 9.24. The van der Waals surface area contributed by atoms with Gasteiger partial charge in [-0.05, 0) is 33.6 Å². The second kappa shape index (κ2) is 5.63. The lowest BCUT2D eigenvalue weighted by atomic mass is 10.2. The van der Waals surface area contributed by atoms with Crippen molar-refractivity contribution in [3.63, 3.8) is 0 Å². The van der Waals surface area contributed by atoms with Crippen LogP contribution in [-0.4, -0.2) is 23.0 Å². The molecule has 0 bridgehead atoms. The zero-order valence-corrected chi connectivity index (χ0v) is 12.4. The molecule has 100 valence electrons. The highest BCUT2D eigenvalue weighted by atomic mass is 79.9. The van der Waals surface area contributed by atoms with E-state index in [-0.39, 0.29) is 6.29 Å². The molecule has 0 radical (unpaired) electrons. The third kappa shape index (κ3) is 2.84. The van der Waals surface area contributed by atoms with E-state index in [2.05, 4.69) is 21.0 Å². The van der Waals surface area contributed by atoms with E-state index in [0.29, 0.717) is 19.8 Å². The predicted molar refractivity (Wildman–Crippen MR) is 75.1 cm³/mol. The van der Waals surface area contributed by atoms with Crippen molar-refractivity contribution >= 4 is 27.5 Å². The van der Waals surface area contributed by atoms with Gasteiger partial charge < -0.3 is 9.47 Å². The molecule has 1 saturated heterocycles. The molecule has 0 aliphatic carbocycles. The van der Waals surface area contributed by atoms with Crippen molar-refractivity contribution in [2.45, 2.75) is 12.8 Å². The summed E-state index contributed by atoms with van der Waals surface area (Å²) >= 11 is 9.37. The van der Waals surface area contributed by atoms with Gasteiger partial charge in [0.25, 0.3) is 0 Å². The molecular weight excluding hydrogens is 332 g/mol. The molecule has 0 N–H and O–H groups in total. The maximum absolute atomic E-state index is 5.88. The Balaban J connectivity index is 1.86. The standard InChI is InChI=1S/C13H12BrClN2O2/c14-11-7-16-17(12(11)13-18-5-6-19-13)8-9-1-3-10(15)4-2-9/h1-4,7,13H,5-6,8H2. The maximum atomic E-state index is 5.88. The van der Waals surface area contributed by atoms with Gasteiger partial charge in [0, 0.05) is 5.02 Å². The van der Waals surface area contributed by atoms with Gasteiger partial charge in [-0.1, -0.05) is 23.7 Å². The van der Waals surface area contributed by atoms with E-state index in [1.807, 2.05) is 28.9 Å². The minimum Gasteiger partial charge on any atom is -0.345 e. The van der Waals surface area contributed by atoms with Crippen molar-refractivity contribution in [1.82, 2.24) is 9.78 Å². The molecule has 3 rings (SSSR count). The Hall–Kier alpha value is -0.880. The van der Waals surface area contributed by atoms with E-state index in [0.717, 1.165) is 20.8 Å². The van der Waals surface area contributed by atoms with Gasteiger partial charge in [-0.2, -0.15) is 5.10 Å². The summed E-state index contributed by atoms with van der Waals surface area (Å²) in [6.45, 7) is 1.88. The first kappa shape index (κ1) is 13.1. The van der Waals surface area contributed by atoms with Crippen LogP contribution >= 0.6 is 27.5 Å². The molecule has 1 aromatic carbocycles.